The molecule has 1 aromatic heterocycles. The number of H-pyrrole nitrogens is 1. The van der Waals surface area contributed by atoms with Gasteiger partial charge in [-0.2, -0.15) is 0 Å². The summed E-state index contributed by atoms with van der Waals surface area (Å²) in [5.41, 5.74) is 7.51. The van der Waals surface area contributed by atoms with Gasteiger partial charge >= 0.3 is 11.9 Å². The van der Waals surface area contributed by atoms with E-state index < -0.39 is 23.8 Å². The Morgan fingerprint density at radius 2 is 1.85 bits per heavy atom. The standard InChI is InChI=1S/C18H19ClN2O5/c1-8-14(18(24)25-4)9(2)21-15(8)16(22)10(3)26-17(23)11-5-6-12(19)13(20)7-11/h5-7,10,21H,20H2,1-4H3. The molecule has 2 rings (SSSR count). The van der Waals surface area contributed by atoms with E-state index in [4.69, 9.17) is 26.8 Å². The second-order valence-corrected chi connectivity index (χ2v) is 6.17. The van der Waals surface area contributed by atoms with Crippen LogP contribution in [-0.4, -0.2) is 35.9 Å². The molecule has 138 valence electrons. The van der Waals surface area contributed by atoms with Crippen molar-refractivity contribution in [2.24, 2.45) is 0 Å². The minimum absolute atomic E-state index is 0.182. The van der Waals surface area contributed by atoms with Crippen LogP contribution in [0.2, 0.25) is 5.02 Å². The molecule has 0 aliphatic heterocycles. The molecule has 0 saturated carbocycles. The number of hydrogen-bond acceptors (Lipinski definition) is 6. The van der Waals surface area contributed by atoms with Crippen LogP contribution in [0, 0.1) is 13.8 Å². The topological polar surface area (TPSA) is 111 Å². The number of aromatic nitrogens is 1. The van der Waals surface area contributed by atoms with E-state index in [0.29, 0.717) is 21.8 Å². The highest BCUT2D eigenvalue weighted by Gasteiger charge is 2.27. The number of rotatable bonds is 5. The van der Waals surface area contributed by atoms with Crippen LogP contribution >= 0.6 is 11.6 Å². The number of methoxy groups -OCH3 is 1. The fraction of sp³-hybridized carbons (Fsp3) is 0.278. The number of ether oxygens (including phenoxy) is 2. The van der Waals surface area contributed by atoms with E-state index in [2.05, 4.69) is 4.98 Å². The number of nitrogens with two attached hydrogens (primary N) is 1. The summed E-state index contributed by atoms with van der Waals surface area (Å²) < 4.78 is 9.93. The fourth-order valence-corrected chi connectivity index (χ4v) is 2.68. The molecular weight excluding hydrogens is 360 g/mol. The molecule has 0 aliphatic rings. The fourth-order valence-electron chi connectivity index (χ4n) is 2.56. The maximum atomic E-state index is 12.6. The Kier molecular flexibility index (Phi) is 5.72. The molecule has 1 aromatic carbocycles. The van der Waals surface area contributed by atoms with E-state index in [1.807, 2.05) is 0 Å². The monoisotopic (exact) mass is 378 g/mol. The quantitative estimate of drug-likeness (QED) is 0.469. The summed E-state index contributed by atoms with van der Waals surface area (Å²) in [7, 11) is 1.26. The lowest BCUT2D eigenvalue weighted by Gasteiger charge is -2.12. The van der Waals surface area contributed by atoms with Crippen LogP contribution in [0.25, 0.3) is 0 Å². The second-order valence-electron chi connectivity index (χ2n) is 5.76. The van der Waals surface area contributed by atoms with Crippen LogP contribution in [0.1, 0.15) is 49.4 Å². The molecule has 26 heavy (non-hydrogen) atoms. The van der Waals surface area contributed by atoms with Crippen LogP contribution in [0.5, 0.6) is 0 Å². The number of halogens is 1. The van der Waals surface area contributed by atoms with Crippen molar-refractivity contribution in [2.75, 3.05) is 12.8 Å². The van der Waals surface area contributed by atoms with Crippen LogP contribution in [0.15, 0.2) is 18.2 Å². The zero-order valence-corrected chi connectivity index (χ0v) is 15.6. The van der Waals surface area contributed by atoms with Gasteiger partial charge in [0.25, 0.3) is 0 Å². The number of esters is 2. The summed E-state index contributed by atoms with van der Waals surface area (Å²) >= 11 is 5.82. The molecule has 1 atom stereocenters. The highest BCUT2D eigenvalue weighted by molar-refractivity contribution is 6.33. The molecule has 0 amide bonds. The number of carbonyl (C=O) groups excluding carboxylic acids is 3. The van der Waals surface area contributed by atoms with Gasteiger partial charge < -0.3 is 20.2 Å². The average molecular weight is 379 g/mol. The van der Waals surface area contributed by atoms with Crippen LogP contribution in [0.3, 0.4) is 0 Å². The molecule has 0 bridgehead atoms. The Hall–Kier alpha value is -2.80. The van der Waals surface area contributed by atoms with Crippen LogP contribution < -0.4 is 5.73 Å². The molecule has 0 saturated heterocycles. The van der Waals surface area contributed by atoms with Crippen molar-refractivity contribution in [1.82, 2.24) is 4.98 Å². The number of aromatic amines is 1. The van der Waals surface area contributed by atoms with E-state index in [1.165, 1.54) is 32.2 Å². The van der Waals surface area contributed by atoms with Gasteiger partial charge in [-0.05, 0) is 44.5 Å². The first kappa shape index (κ1) is 19.5. The third kappa shape index (κ3) is 3.72. The van der Waals surface area contributed by atoms with Gasteiger partial charge in [-0.25, -0.2) is 9.59 Å². The number of benzene rings is 1. The molecule has 0 radical (unpaired) electrons. The van der Waals surface area contributed by atoms with Crippen molar-refractivity contribution in [3.63, 3.8) is 0 Å². The van der Waals surface area contributed by atoms with Crippen molar-refractivity contribution in [3.8, 4) is 0 Å². The molecule has 2 aromatic rings. The predicted octanol–water partition coefficient (Wildman–Crippen LogP) is 3.08. The zero-order chi connectivity index (χ0) is 19.6. The zero-order valence-electron chi connectivity index (χ0n) is 14.8. The molecule has 0 aliphatic carbocycles. The van der Waals surface area contributed by atoms with Crippen molar-refractivity contribution in [2.45, 2.75) is 26.9 Å². The van der Waals surface area contributed by atoms with Gasteiger partial charge in [-0.3, -0.25) is 4.79 Å². The highest BCUT2D eigenvalue weighted by Crippen LogP contribution is 2.22. The van der Waals surface area contributed by atoms with E-state index in [0.717, 1.165) is 0 Å². The Labute approximate surface area is 155 Å². The van der Waals surface area contributed by atoms with Gasteiger partial charge in [0.05, 0.1) is 34.6 Å². The summed E-state index contributed by atoms with van der Waals surface area (Å²) in [6, 6.07) is 4.31. The molecule has 1 unspecified atom stereocenters. The lowest BCUT2D eigenvalue weighted by molar-refractivity contribution is 0.0317. The van der Waals surface area contributed by atoms with E-state index in [-0.39, 0.29) is 16.9 Å². The SMILES string of the molecule is COC(=O)c1c(C)[nH]c(C(=O)C(C)OC(=O)c2ccc(Cl)c(N)c2)c1C. The number of anilines is 1. The van der Waals surface area contributed by atoms with Crippen molar-refractivity contribution in [3.05, 3.63) is 51.3 Å². The van der Waals surface area contributed by atoms with Crippen molar-refractivity contribution < 1.29 is 23.9 Å². The smallest absolute Gasteiger partial charge is 0.339 e. The predicted molar refractivity (Wildman–Crippen MR) is 96.7 cm³/mol. The van der Waals surface area contributed by atoms with Gasteiger partial charge in [0, 0.05) is 5.69 Å². The summed E-state index contributed by atoms with van der Waals surface area (Å²) in [6.45, 7) is 4.73. The molecule has 8 heteroatoms. The molecule has 1 heterocycles. The number of hydrogen-bond donors (Lipinski definition) is 2. The molecule has 0 spiro atoms. The van der Waals surface area contributed by atoms with Gasteiger partial charge in [0.1, 0.15) is 0 Å². The summed E-state index contributed by atoms with van der Waals surface area (Å²) in [5.74, 6) is -1.71. The first-order valence-electron chi connectivity index (χ1n) is 7.75. The van der Waals surface area contributed by atoms with Gasteiger partial charge in [-0.1, -0.05) is 11.6 Å². The van der Waals surface area contributed by atoms with Gasteiger partial charge in [0.15, 0.2) is 6.10 Å². The normalized spacial score (nSPS) is 11.7. The second kappa shape index (κ2) is 7.61. The number of nitrogens with one attached hydrogen (secondary N) is 1. The minimum atomic E-state index is -1.07. The van der Waals surface area contributed by atoms with Crippen LogP contribution in [-0.2, 0) is 9.47 Å². The largest absolute Gasteiger partial charge is 0.465 e. The number of carbonyl (C=O) groups is 3. The Morgan fingerprint density at radius 1 is 1.19 bits per heavy atom. The van der Waals surface area contributed by atoms with Crippen molar-refractivity contribution in [1.29, 1.82) is 0 Å². The van der Waals surface area contributed by atoms with Crippen LogP contribution in [0.4, 0.5) is 5.69 Å². The Balaban J connectivity index is 2.21. The molecule has 7 nitrogen and oxygen atoms in total. The first-order valence-corrected chi connectivity index (χ1v) is 8.12. The van der Waals surface area contributed by atoms with E-state index >= 15 is 0 Å². The third-order valence-electron chi connectivity index (χ3n) is 3.96. The van der Waals surface area contributed by atoms with E-state index in [1.54, 1.807) is 13.8 Å². The maximum Gasteiger partial charge on any atom is 0.339 e. The van der Waals surface area contributed by atoms with Crippen molar-refractivity contribution >= 4 is 35.0 Å². The molecule has 0 fully saturated rings. The first-order chi connectivity index (χ1) is 12.2. The molecular formula is C18H19ClN2O5. The highest BCUT2D eigenvalue weighted by atomic mass is 35.5. The number of nitrogen functional groups attached to an aromatic ring is 1. The van der Waals surface area contributed by atoms with Gasteiger partial charge in [0.2, 0.25) is 5.78 Å². The summed E-state index contributed by atoms with van der Waals surface area (Å²) in [6.07, 6.45) is -1.07. The lowest BCUT2D eigenvalue weighted by atomic mass is 10.1. The summed E-state index contributed by atoms with van der Waals surface area (Å²) in [4.78, 5) is 39.5. The lowest BCUT2D eigenvalue weighted by Crippen LogP contribution is -2.25. The Morgan fingerprint density at radius 3 is 2.42 bits per heavy atom. The summed E-state index contributed by atoms with van der Waals surface area (Å²) in [5, 5.41) is 0.318. The number of aryl methyl sites for hydroxylation is 1. The van der Waals surface area contributed by atoms with Gasteiger partial charge in [-0.15, -0.1) is 0 Å². The van der Waals surface area contributed by atoms with E-state index in [9.17, 15) is 14.4 Å². The number of Topliss-reactive ketones (excluding diaryl/α,β-unsaturated/α-hetero) is 1. The molecule has 3 N–H and O–H groups in total. The minimum Gasteiger partial charge on any atom is -0.465 e. The average Bonchev–Trinajstić information content (AvgIpc) is 2.90. The Bertz CT molecular complexity index is 888. The third-order valence-corrected chi connectivity index (χ3v) is 4.30. The number of ketones is 1. The maximum absolute atomic E-state index is 12.6.